The van der Waals surface area contributed by atoms with Crippen molar-refractivity contribution in [3.8, 4) is 0 Å². The molecule has 2 aromatic rings. The SMILES string of the molecule is Cc1nnsc1C(=O)NCC1Cc2ccccc2CO1. The van der Waals surface area contributed by atoms with E-state index in [0.717, 1.165) is 18.0 Å². The molecule has 0 radical (unpaired) electrons. The number of ether oxygens (including phenoxy) is 1. The van der Waals surface area contributed by atoms with Crippen LogP contribution in [0.4, 0.5) is 0 Å². The molecule has 0 saturated carbocycles. The minimum atomic E-state index is -0.125. The molecule has 0 fully saturated rings. The molecule has 0 spiro atoms. The fourth-order valence-corrected chi connectivity index (χ4v) is 2.84. The summed E-state index contributed by atoms with van der Waals surface area (Å²) in [5, 5.41) is 6.73. The van der Waals surface area contributed by atoms with Crippen LogP contribution in [0.25, 0.3) is 0 Å². The fraction of sp³-hybridized carbons (Fsp3) is 0.357. The van der Waals surface area contributed by atoms with E-state index in [4.69, 9.17) is 4.74 Å². The van der Waals surface area contributed by atoms with Gasteiger partial charge in [-0.2, -0.15) is 0 Å². The number of hydrogen-bond donors (Lipinski definition) is 1. The maximum Gasteiger partial charge on any atom is 0.265 e. The lowest BCUT2D eigenvalue weighted by atomic mass is 9.99. The van der Waals surface area contributed by atoms with Gasteiger partial charge in [0.25, 0.3) is 5.91 Å². The second-order valence-corrected chi connectivity index (χ2v) is 5.56. The van der Waals surface area contributed by atoms with Crippen molar-refractivity contribution in [2.45, 2.75) is 26.1 Å². The number of carbonyl (C=O) groups is 1. The normalized spacial score (nSPS) is 17.6. The summed E-state index contributed by atoms with van der Waals surface area (Å²) < 4.78 is 9.53. The summed E-state index contributed by atoms with van der Waals surface area (Å²) in [6.07, 6.45) is 0.853. The Labute approximate surface area is 121 Å². The summed E-state index contributed by atoms with van der Waals surface area (Å²) in [5.74, 6) is -0.125. The first-order valence-electron chi connectivity index (χ1n) is 6.49. The third kappa shape index (κ3) is 2.71. The largest absolute Gasteiger partial charge is 0.371 e. The molecule has 1 unspecified atom stereocenters. The van der Waals surface area contributed by atoms with Gasteiger partial charge in [0.1, 0.15) is 4.88 Å². The van der Waals surface area contributed by atoms with Crippen molar-refractivity contribution in [1.82, 2.24) is 14.9 Å². The van der Waals surface area contributed by atoms with E-state index in [1.165, 1.54) is 11.1 Å². The van der Waals surface area contributed by atoms with Gasteiger partial charge in [-0.05, 0) is 29.6 Å². The summed E-state index contributed by atoms with van der Waals surface area (Å²) in [6, 6.07) is 8.25. The molecule has 1 atom stereocenters. The molecule has 5 nitrogen and oxygen atoms in total. The third-order valence-electron chi connectivity index (χ3n) is 3.39. The summed E-state index contributed by atoms with van der Waals surface area (Å²) >= 11 is 1.12. The van der Waals surface area contributed by atoms with Crippen LogP contribution in [0.5, 0.6) is 0 Å². The summed E-state index contributed by atoms with van der Waals surface area (Å²) in [5.41, 5.74) is 3.20. The zero-order valence-electron chi connectivity index (χ0n) is 11.1. The highest BCUT2D eigenvalue weighted by molar-refractivity contribution is 7.07. The number of rotatable bonds is 3. The Morgan fingerprint density at radius 1 is 1.45 bits per heavy atom. The van der Waals surface area contributed by atoms with Crippen LogP contribution < -0.4 is 5.32 Å². The van der Waals surface area contributed by atoms with Gasteiger partial charge in [-0.15, -0.1) is 5.10 Å². The summed E-state index contributed by atoms with van der Waals surface area (Å²) in [6.45, 7) is 2.90. The second kappa shape index (κ2) is 5.68. The highest BCUT2D eigenvalue weighted by atomic mass is 32.1. The topological polar surface area (TPSA) is 64.1 Å². The molecule has 0 aliphatic carbocycles. The molecule has 1 aromatic carbocycles. The van der Waals surface area contributed by atoms with Crippen molar-refractivity contribution in [1.29, 1.82) is 0 Å². The lowest BCUT2D eigenvalue weighted by Gasteiger charge is -2.25. The molecule has 3 rings (SSSR count). The Bertz CT molecular complexity index is 626. The molecule has 0 saturated heterocycles. The van der Waals surface area contributed by atoms with E-state index in [1.54, 1.807) is 6.92 Å². The van der Waals surface area contributed by atoms with E-state index < -0.39 is 0 Å². The predicted octanol–water partition coefficient (Wildman–Crippen LogP) is 1.72. The van der Waals surface area contributed by atoms with Crippen LogP contribution in [-0.2, 0) is 17.8 Å². The number of nitrogens with one attached hydrogen (secondary N) is 1. The van der Waals surface area contributed by atoms with Crippen LogP contribution in [0, 0.1) is 6.92 Å². The zero-order chi connectivity index (χ0) is 13.9. The zero-order valence-corrected chi connectivity index (χ0v) is 11.9. The van der Waals surface area contributed by atoms with Crippen LogP contribution in [0.2, 0.25) is 0 Å². The number of benzene rings is 1. The minimum absolute atomic E-state index is 0.0232. The lowest BCUT2D eigenvalue weighted by molar-refractivity contribution is 0.0285. The second-order valence-electron chi connectivity index (χ2n) is 4.80. The molecule has 0 bridgehead atoms. The van der Waals surface area contributed by atoms with Crippen LogP contribution in [0.1, 0.15) is 26.5 Å². The number of fused-ring (bicyclic) bond motifs is 1. The highest BCUT2D eigenvalue weighted by Gasteiger charge is 2.20. The average molecular weight is 289 g/mol. The number of aromatic nitrogens is 2. The van der Waals surface area contributed by atoms with E-state index in [2.05, 4.69) is 27.0 Å². The molecular formula is C14H15N3O2S. The van der Waals surface area contributed by atoms with Gasteiger partial charge in [0, 0.05) is 13.0 Å². The fourth-order valence-electron chi connectivity index (χ4n) is 2.27. The first kappa shape index (κ1) is 13.2. The molecule has 1 aromatic heterocycles. The standard InChI is InChI=1S/C14H15N3O2S/c1-9-13(20-17-16-9)14(18)15-7-12-6-10-4-2-3-5-11(10)8-19-12/h2-5,12H,6-8H2,1H3,(H,15,18). The van der Waals surface area contributed by atoms with Crippen molar-refractivity contribution < 1.29 is 9.53 Å². The van der Waals surface area contributed by atoms with Crippen LogP contribution in [0.3, 0.4) is 0 Å². The monoisotopic (exact) mass is 289 g/mol. The molecule has 1 amide bonds. The number of amides is 1. The van der Waals surface area contributed by atoms with E-state index in [9.17, 15) is 4.79 Å². The number of carbonyl (C=O) groups excluding carboxylic acids is 1. The molecule has 1 N–H and O–H groups in total. The van der Waals surface area contributed by atoms with Gasteiger partial charge in [0.05, 0.1) is 18.4 Å². The highest BCUT2D eigenvalue weighted by Crippen LogP contribution is 2.20. The minimum Gasteiger partial charge on any atom is -0.371 e. The first-order chi connectivity index (χ1) is 9.74. The lowest BCUT2D eigenvalue weighted by Crippen LogP contribution is -2.36. The molecule has 104 valence electrons. The Balaban J connectivity index is 1.58. The Kier molecular flexibility index (Phi) is 3.75. The number of nitrogens with zero attached hydrogens (tertiary/aromatic N) is 2. The third-order valence-corrected chi connectivity index (χ3v) is 4.22. The number of hydrogen-bond acceptors (Lipinski definition) is 5. The predicted molar refractivity (Wildman–Crippen MR) is 75.7 cm³/mol. The number of aryl methyl sites for hydroxylation is 1. The van der Waals surface area contributed by atoms with E-state index >= 15 is 0 Å². The van der Waals surface area contributed by atoms with E-state index in [-0.39, 0.29) is 12.0 Å². The van der Waals surface area contributed by atoms with Crippen molar-refractivity contribution in [2.24, 2.45) is 0 Å². The Morgan fingerprint density at radius 3 is 3.00 bits per heavy atom. The molecule has 2 heterocycles. The molecule has 6 heteroatoms. The summed E-state index contributed by atoms with van der Waals surface area (Å²) in [7, 11) is 0. The van der Waals surface area contributed by atoms with Crippen molar-refractivity contribution >= 4 is 17.4 Å². The van der Waals surface area contributed by atoms with Crippen molar-refractivity contribution in [3.05, 3.63) is 46.0 Å². The van der Waals surface area contributed by atoms with Crippen LogP contribution in [-0.4, -0.2) is 28.1 Å². The van der Waals surface area contributed by atoms with E-state index in [1.807, 2.05) is 12.1 Å². The molecule has 1 aliphatic heterocycles. The van der Waals surface area contributed by atoms with Crippen LogP contribution in [0.15, 0.2) is 24.3 Å². The maximum absolute atomic E-state index is 12.0. The average Bonchev–Trinajstić information content (AvgIpc) is 2.91. The quantitative estimate of drug-likeness (QED) is 0.934. The van der Waals surface area contributed by atoms with Gasteiger partial charge >= 0.3 is 0 Å². The van der Waals surface area contributed by atoms with Gasteiger partial charge < -0.3 is 10.1 Å². The first-order valence-corrected chi connectivity index (χ1v) is 7.27. The van der Waals surface area contributed by atoms with Gasteiger partial charge in [0.2, 0.25) is 0 Å². The van der Waals surface area contributed by atoms with Crippen molar-refractivity contribution in [2.75, 3.05) is 6.54 Å². The van der Waals surface area contributed by atoms with Gasteiger partial charge in [0.15, 0.2) is 0 Å². The molecular weight excluding hydrogens is 274 g/mol. The smallest absolute Gasteiger partial charge is 0.265 e. The van der Waals surface area contributed by atoms with Crippen molar-refractivity contribution in [3.63, 3.8) is 0 Å². The summed E-state index contributed by atoms with van der Waals surface area (Å²) in [4.78, 5) is 12.5. The molecule has 1 aliphatic rings. The maximum atomic E-state index is 12.0. The Morgan fingerprint density at radius 2 is 2.25 bits per heavy atom. The van der Waals surface area contributed by atoms with Crippen LogP contribution >= 0.6 is 11.5 Å². The molecule has 20 heavy (non-hydrogen) atoms. The Hall–Kier alpha value is -1.79. The van der Waals surface area contributed by atoms with Gasteiger partial charge in [-0.25, -0.2) is 0 Å². The van der Waals surface area contributed by atoms with E-state index in [0.29, 0.717) is 23.7 Å². The van der Waals surface area contributed by atoms with Gasteiger partial charge in [-0.1, -0.05) is 28.8 Å². The van der Waals surface area contributed by atoms with Gasteiger partial charge in [-0.3, -0.25) is 4.79 Å².